The third-order valence-corrected chi connectivity index (χ3v) is 4.97. The number of para-hydroxylation sites is 2. The van der Waals surface area contributed by atoms with Crippen molar-refractivity contribution in [1.29, 1.82) is 0 Å². The molecule has 1 fully saturated rings. The van der Waals surface area contributed by atoms with E-state index >= 15 is 0 Å². The number of carbonyl (C=O) groups is 2. The molecule has 0 saturated carbocycles. The van der Waals surface area contributed by atoms with E-state index in [0.29, 0.717) is 34.2 Å². The molecule has 146 valence electrons. The van der Waals surface area contributed by atoms with Gasteiger partial charge in [0.25, 0.3) is 11.1 Å². The fourth-order valence-electron chi connectivity index (χ4n) is 2.83. The Labute approximate surface area is 166 Å². The number of amides is 2. The molecule has 0 spiro atoms. The highest BCUT2D eigenvalue weighted by Gasteiger charge is 2.37. The van der Waals surface area contributed by atoms with E-state index in [1.54, 1.807) is 42.5 Å². The molecule has 1 aliphatic heterocycles. The maximum Gasteiger partial charge on any atom is 0.298 e. The van der Waals surface area contributed by atoms with Crippen molar-refractivity contribution in [3.05, 3.63) is 46.9 Å². The number of methoxy groups -OCH3 is 4. The lowest BCUT2D eigenvalue weighted by Gasteiger charge is -2.15. The fourth-order valence-corrected chi connectivity index (χ4v) is 3.66. The number of ether oxygens (including phenoxy) is 4. The molecule has 28 heavy (non-hydrogen) atoms. The molecule has 2 aromatic rings. The lowest BCUT2D eigenvalue weighted by atomic mass is 10.1. The van der Waals surface area contributed by atoms with Gasteiger partial charge < -0.3 is 18.9 Å². The van der Waals surface area contributed by atoms with Gasteiger partial charge in [-0.05, 0) is 47.7 Å². The van der Waals surface area contributed by atoms with Crippen LogP contribution in [0.5, 0.6) is 23.0 Å². The van der Waals surface area contributed by atoms with Crippen LogP contribution in [0.4, 0.5) is 10.5 Å². The van der Waals surface area contributed by atoms with Gasteiger partial charge >= 0.3 is 0 Å². The van der Waals surface area contributed by atoms with Crippen molar-refractivity contribution in [1.82, 2.24) is 0 Å². The first-order valence-corrected chi connectivity index (χ1v) is 9.06. The topological polar surface area (TPSA) is 74.3 Å². The van der Waals surface area contributed by atoms with E-state index in [1.165, 1.54) is 28.4 Å². The van der Waals surface area contributed by atoms with Crippen molar-refractivity contribution in [2.75, 3.05) is 33.3 Å². The highest BCUT2D eigenvalue weighted by molar-refractivity contribution is 8.19. The van der Waals surface area contributed by atoms with Crippen molar-refractivity contribution < 1.29 is 28.5 Å². The van der Waals surface area contributed by atoms with E-state index in [1.807, 2.05) is 0 Å². The molecule has 1 aliphatic rings. The van der Waals surface area contributed by atoms with Crippen molar-refractivity contribution in [2.45, 2.75) is 0 Å². The molecule has 0 atom stereocenters. The average Bonchev–Trinajstić information content (AvgIpc) is 2.99. The maximum atomic E-state index is 12.9. The van der Waals surface area contributed by atoms with Crippen LogP contribution in [0.2, 0.25) is 0 Å². The number of rotatable bonds is 6. The van der Waals surface area contributed by atoms with Gasteiger partial charge in [0.15, 0.2) is 11.5 Å². The number of hydrogen-bond acceptors (Lipinski definition) is 7. The lowest BCUT2D eigenvalue weighted by Crippen LogP contribution is -2.28. The molecule has 1 heterocycles. The average molecular weight is 401 g/mol. The van der Waals surface area contributed by atoms with Gasteiger partial charge in [0.05, 0.1) is 39.0 Å². The van der Waals surface area contributed by atoms with E-state index < -0.39 is 11.1 Å². The van der Waals surface area contributed by atoms with E-state index in [0.717, 1.165) is 16.7 Å². The largest absolute Gasteiger partial charge is 0.495 e. The quantitative estimate of drug-likeness (QED) is 0.678. The molecular formula is C20H19NO6S. The molecular weight excluding hydrogens is 382 g/mol. The van der Waals surface area contributed by atoms with Crippen LogP contribution in [0.1, 0.15) is 5.56 Å². The molecule has 0 radical (unpaired) electrons. The Hall–Kier alpha value is -3.13. The van der Waals surface area contributed by atoms with E-state index in [-0.39, 0.29) is 4.91 Å². The summed E-state index contributed by atoms with van der Waals surface area (Å²) in [6.07, 6.45) is 1.62. The number of thioether (sulfide) groups is 1. The molecule has 2 amide bonds. The summed E-state index contributed by atoms with van der Waals surface area (Å²) >= 11 is 0.858. The molecule has 1 saturated heterocycles. The van der Waals surface area contributed by atoms with Crippen LogP contribution < -0.4 is 23.8 Å². The van der Waals surface area contributed by atoms with E-state index in [4.69, 9.17) is 18.9 Å². The molecule has 8 heteroatoms. The smallest absolute Gasteiger partial charge is 0.298 e. The lowest BCUT2D eigenvalue weighted by molar-refractivity contribution is -0.113. The van der Waals surface area contributed by atoms with Crippen LogP contribution in [0, 0.1) is 0 Å². The summed E-state index contributed by atoms with van der Waals surface area (Å²) < 4.78 is 21.2. The minimum absolute atomic E-state index is 0.283. The summed E-state index contributed by atoms with van der Waals surface area (Å²) in [4.78, 5) is 26.8. The number of hydrogen-bond donors (Lipinski definition) is 0. The Kier molecular flexibility index (Phi) is 5.79. The normalized spacial score (nSPS) is 15.1. The highest BCUT2D eigenvalue weighted by Crippen LogP contribution is 2.42. The Morgan fingerprint density at radius 1 is 0.857 bits per heavy atom. The zero-order valence-electron chi connectivity index (χ0n) is 15.8. The van der Waals surface area contributed by atoms with E-state index in [2.05, 4.69) is 0 Å². The number of imide groups is 1. The molecule has 7 nitrogen and oxygen atoms in total. The molecule has 0 unspecified atom stereocenters. The second-order valence-corrected chi connectivity index (χ2v) is 6.64. The van der Waals surface area contributed by atoms with Crippen molar-refractivity contribution in [3.63, 3.8) is 0 Å². The predicted octanol–water partition coefficient (Wildman–Crippen LogP) is 3.96. The van der Waals surface area contributed by atoms with Crippen LogP contribution in [-0.2, 0) is 4.79 Å². The summed E-state index contributed by atoms with van der Waals surface area (Å²) in [6.45, 7) is 0. The standard InChI is InChI=1S/C20H19NO6S/c1-24-14-8-6-5-7-13(14)21-19(22)17(28-20(21)23)11-12-9-15(25-2)18(27-4)16(10-12)26-3/h5-11H,1-4H3/b17-11-. The van der Waals surface area contributed by atoms with Crippen LogP contribution in [0.3, 0.4) is 0 Å². The molecule has 0 bridgehead atoms. The summed E-state index contributed by atoms with van der Waals surface area (Å²) in [5.74, 6) is 1.38. The van der Waals surface area contributed by atoms with Gasteiger partial charge in [-0.1, -0.05) is 12.1 Å². The first-order valence-electron chi connectivity index (χ1n) is 8.25. The summed E-state index contributed by atoms with van der Waals surface area (Å²) in [5.41, 5.74) is 1.04. The molecule has 0 N–H and O–H groups in total. The fraction of sp³-hybridized carbons (Fsp3) is 0.200. The number of benzene rings is 2. The SMILES string of the molecule is COc1ccccc1N1C(=O)S/C(=C\c2cc(OC)c(OC)c(OC)c2)C1=O. The Bertz CT molecular complexity index is 930. The zero-order chi connectivity index (χ0) is 20.3. The van der Waals surface area contributed by atoms with Crippen LogP contribution >= 0.6 is 11.8 Å². The third-order valence-electron chi connectivity index (χ3n) is 4.10. The Balaban J connectivity index is 2.00. The molecule has 3 rings (SSSR count). The van der Waals surface area contributed by atoms with Gasteiger partial charge in [-0.2, -0.15) is 0 Å². The summed E-state index contributed by atoms with van der Waals surface area (Å²) in [7, 11) is 6.02. The summed E-state index contributed by atoms with van der Waals surface area (Å²) in [5, 5.41) is -0.395. The van der Waals surface area contributed by atoms with Gasteiger partial charge in [-0.15, -0.1) is 0 Å². The van der Waals surface area contributed by atoms with Gasteiger partial charge in [0.2, 0.25) is 5.75 Å². The maximum absolute atomic E-state index is 12.9. The van der Waals surface area contributed by atoms with Crippen molar-refractivity contribution in [3.8, 4) is 23.0 Å². The Morgan fingerprint density at radius 3 is 2.04 bits per heavy atom. The van der Waals surface area contributed by atoms with Crippen LogP contribution in [0.15, 0.2) is 41.3 Å². The van der Waals surface area contributed by atoms with Crippen LogP contribution in [0.25, 0.3) is 6.08 Å². The zero-order valence-corrected chi connectivity index (χ0v) is 16.7. The van der Waals surface area contributed by atoms with Crippen molar-refractivity contribution >= 4 is 34.7 Å². The van der Waals surface area contributed by atoms with Gasteiger partial charge in [0, 0.05) is 0 Å². The first-order chi connectivity index (χ1) is 13.5. The predicted molar refractivity (Wildman–Crippen MR) is 108 cm³/mol. The first kappa shape index (κ1) is 19.6. The van der Waals surface area contributed by atoms with E-state index in [9.17, 15) is 9.59 Å². The minimum atomic E-state index is -0.423. The number of nitrogens with zero attached hydrogens (tertiary/aromatic N) is 1. The monoisotopic (exact) mass is 401 g/mol. The highest BCUT2D eigenvalue weighted by atomic mass is 32.2. The van der Waals surface area contributed by atoms with Crippen LogP contribution in [-0.4, -0.2) is 39.6 Å². The second kappa shape index (κ2) is 8.26. The second-order valence-electron chi connectivity index (χ2n) is 5.65. The van der Waals surface area contributed by atoms with Gasteiger partial charge in [-0.3, -0.25) is 9.59 Å². The molecule has 0 aliphatic carbocycles. The minimum Gasteiger partial charge on any atom is -0.495 e. The Morgan fingerprint density at radius 2 is 1.46 bits per heavy atom. The summed E-state index contributed by atoms with van der Waals surface area (Å²) in [6, 6.07) is 10.3. The number of anilines is 1. The molecule has 2 aromatic carbocycles. The van der Waals surface area contributed by atoms with Crippen molar-refractivity contribution in [2.24, 2.45) is 0 Å². The molecule has 0 aromatic heterocycles. The number of carbonyl (C=O) groups excluding carboxylic acids is 2. The van der Waals surface area contributed by atoms with Gasteiger partial charge in [0.1, 0.15) is 5.75 Å². The van der Waals surface area contributed by atoms with Gasteiger partial charge in [-0.25, -0.2) is 4.90 Å². The third kappa shape index (κ3) is 3.50.